The van der Waals surface area contributed by atoms with Crippen LogP contribution < -0.4 is 5.32 Å². The van der Waals surface area contributed by atoms with E-state index in [1.165, 1.54) is 18.2 Å². The van der Waals surface area contributed by atoms with Crippen molar-refractivity contribution < 1.29 is 27.7 Å². The fourth-order valence-electron chi connectivity index (χ4n) is 2.98. The average Bonchev–Trinajstić information content (AvgIpc) is 3.06. The number of halogens is 1. The normalized spacial score (nSPS) is 17.6. The zero-order valence-electron chi connectivity index (χ0n) is 15.9. The number of non-ortho nitro benzene ring substituents is 1. The van der Waals surface area contributed by atoms with Crippen LogP contribution in [-0.4, -0.2) is 31.0 Å². The van der Waals surface area contributed by atoms with Crippen molar-refractivity contribution in [3.8, 4) is 0 Å². The number of hydrogen-bond donors (Lipinski definition) is 1. The average molecular weight is 465 g/mol. The van der Waals surface area contributed by atoms with Crippen LogP contribution in [0.2, 0.25) is 5.02 Å². The van der Waals surface area contributed by atoms with E-state index in [4.69, 9.17) is 16.3 Å². The zero-order valence-corrected chi connectivity index (χ0v) is 17.5. The van der Waals surface area contributed by atoms with Gasteiger partial charge < -0.3 is 10.1 Å². The molecule has 0 radical (unpaired) electrons. The molecule has 1 N–H and O–H groups in total. The third kappa shape index (κ3) is 5.89. The van der Waals surface area contributed by atoms with E-state index in [1.54, 1.807) is 30.3 Å². The second-order valence-corrected chi connectivity index (χ2v) is 9.15. The highest BCUT2D eigenvalue weighted by Crippen LogP contribution is 2.29. The van der Waals surface area contributed by atoms with Gasteiger partial charge in [-0.2, -0.15) is 0 Å². The molecule has 2 aromatic carbocycles. The van der Waals surface area contributed by atoms with E-state index in [-0.39, 0.29) is 28.6 Å². The number of nitrogens with one attached hydrogen (secondary N) is 1. The lowest BCUT2D eigenvalue weighted by molar-refractivity contribution is -0.384. The second kappa shape index (κ2) is 9.27. The topological polar surface area (TPSA) is 133 Å². The number of carbonyl (C=O) groups excluding carboxylic acids is 2. The number of anilines is 1. The van der Waals surface area contributed by atoms with Crippen LogP contribution in [-0.2, 0) is 24.2 Å². The summed E-state index contributed by atoms with van der Waals surface area (Å²) >= 11 is 6.02. The van der Waals surface area contributed by atoms with Crippen LogP contribution in [0.3, 0.4) is 0 Å². The van der Waals surface area contributed by atoms with Crippen molar-refractivity contribution in [1.29, 1.82) is 0 Å². The quantitative estimate of drug-likeness (QED) is 0.377. The van der Waals surface area contributed by atoms with E-state index in [9.17, 15) is 28.1 Å². The fraction of sp³-hybridized carbons (Fsp3) is 0.200. The van der Waals surface area contributed by atoms with Gasteiger partial charge in [0.1, 0.15) is 0 Å². The van der Waals surface area contributed by atoms with Crippen LogP contribution in [0.15, 0.2) is 60.0 Å². The van der Waals surface area contributed by atoms with Gasteiger partial charge in [-0.05, 0) is 6.07 Å². The van der Waals surface area contributed by atoms with Crippen LogP contribution in [0.5, 0.6) is 0 Å². The first-order chi connectivity index (χ1) is 14.6. The van der Waals surface area contributed by atoms with Crippen molar-refractivity contribution in [2.24, 2.45) is 5.92 Å². The molecule has 9 nitrogen and oxygen atoms in total. The second-order valence-electron chi connectivity index (χ2n) is 6.81. The smallest absolute Gasteiger partial charge is 0.307 e. The number of nitrogens with zero attached hydrogens (tertiary/aromatic N) is 1. The largest absolute Gasteiger partial charge is 0.447 e. The predicted octanol–water partition coefficient (Wildman–Crippen LogP) is 3.42. The van der Waals surface area contributed by atoms with Gasteiger partial charge in [0.15, 0.2) is 9.84 Å². The Morgan fingerprint density at radius 3 is 2.52 bits per heavy atom. The van der Waals surface area contributed by atoms with Crippen molar-refractivity contribution in [2.45, 2.75) is 12.5 Å². The molecule has 2 unspecified atom stereocenters. The minimum Gasteiger partial charge on any atom is -0.447 e. The van der Waals surface area contributed by atoms with Gasteiger partial charge in [0.25, 0.3) is 11.6 Å². The lowest BCUT2D eigenvalue weighted by Gasteiger charge is -2.19. The van der Waals surface area contributed by atoms with E-state index < -0.39 is 38.7 Å². The van der Waals surface area contributed by atoms with Gasteiger partial charge >= 0.3 is 5.97 Å². The van der Waals surface area contributed by atoms with E-state index in [2.05, 4.69) is 5.32 Å². The summed E-state index contributed by atoms with van der Waals surface area (Å²) in [5.74, 6) is -2.18. The molecular weight excluding hydrogens is 448 g/mol. The van der Waals surface area contributed by atoms with Gasteiger partial charge in [-0.3, -0.25) is 19.7 Å². The number of sulfone groups is 1. The van der Waals surface area contributed by atoms with Crippen molar-refractivity contribution in [3.05, 3.63) is 80.7 Å². The standard InChI is InChI=1S/C20H17ClN2O7S/c21-16-11-15(23(26)27)6-7-17(16)22-20(25)19(14-4-2-1-3-5-14)30-18(24)10-13-8-9-31(28,29)12-13/h1-9,11,13,19H,10,12H2,(H,22,25). The monoisotopic (exact) mass is 464 g/mol. The number of esters is 1. The Hall–Kier alpha value is -3.24. The van der Waals surface area contributed by atoms with Gasteiger partial charge in [0, 0.05) is 29.0 Å². The predicted molar refractivity (Wildman–Crippen MR) is 113 cm³/mol. The maximum atomic E-state index is 12.9. The summed E-state index contributed by atoms with van der Waals surface area (Å²) in [6.45, 7) is 0. The molecule has 1 amide bonds. The molecule has 1 heterocycles. The molecule has 1 aliphatic rings. The van der Waals surface area contributed by atoms with E-state index >= 15 is 0 Å². The number of carbonyl (C=O) groups is 2. The molecule has 0 bridgehead atoms. The lowest BCUT2D eigenvalue weighted by atomic mass is 10.1. The minimum absolute atomic E-state index is 0.0537. The summed E-state index contributed by atoms with van der Waals surface area (Å²) in [5, 5.41) is 14.4. The number of benzene rings is 2. The molecule has 0 saturated heterocycles. The number of ether oxygens (including phenoxy) is 1. The zero-order chi connectivity index (χ0) is 22.6. The number of nitro groups is 1. The summed E-state index contributed by atoms with van der Waals surface area (Å²) < 4.78 is 28.4. The SMILES string of the molecule is O=C(CC1C=CS(=O)(=O)C1)OC(C(=O)Nc1ccc([N+](=O)[O-])cc1Cl)c1ccccc1. The molecule has 31 heavy (non-hydrogen) atoms. The van der Waals surface area contributed by atoms with E-state index in [0.29, 0.717) is 5.56 Å². The van der Waals surface area contributed by atoms with Gasteiger partial charge in [-0.25, -0.2) is 8.42 Å². The third-order valence-corrected chi connectivity index (χ3v) is 6.22. The van der Waals surface area contributed by atoms with E-state index in [0.717, 1.165) is 11.5 Å². The molecule has 2 aromatic rings. The van der Waals surface area contributed by atoms with Crippen molar-refractivity contribution in [3.63, 3.8) is 0 Å². The molecule has 0 spiro atoms. The van der Waals surface area contributed by atoms with Crippen LogP contribution in [0, 0.1) is 16.0 Å². The Bertz CT molecular complexity index is 1150. The Labute approximate surface area is 182 Å². The summed E-state index contributed by atoms with van der Waals surface area (Å²) in [7, 11) is -3.32. The van der Waals surface area contributed by atoms with Crippen molar-refractivity contribution in [2.75, 3.05) is 11.1 Å². The Morgan fingerprint density at radius 2 is 1.94 bits per heavy atom. The molecule has 0 aromatic heterocycles. The highest BCUT2D eigenvalue weighted by atomic mass is 35.5. The molecule has 11 heteroatoms. The van der Waals surface area contributed by atoms with Crippen LogP contribution in [0.1, 0.15) is 18.1 Å². The van der Waals surface area contributed by atoms with Gasteiger partial charge in [-0.1, -0.05) is 48.0 Å². The molecule has 1 aliphatic heterocycles. The van der Waals surface area contributed by atoms with Crippen LogP contribution in [0.4, 0.5) is 11.4 Å². The molecule has 0 fully saturated rings. The molecule has 0 saturated carbocycles. The maximum absolute atomic E-state index is 12.9. The first-order valence-corrected chi connectivity index (χ1v) is 11.1. The van der Waals surface area contributed by atoms with Gasteiger partial charge in [0.05, 0.1) is 27.8 Å². The Kier molecular flexibility index (Phi) is 6.71. The summed E-state index contributed by atoms with van der Waals surface area (Å²) in [4.78, 5) is 35.5. The first kappa shape index (κ1) is 22.4. The highest BCUT2D eigenvalue weighted by molar-refractivity contribution is 7.94. The first-order valence-electron chi connectivity index (χ1n) is 9.05. The Balaban J connectivity index is 1.76. The van der Waals surface area contributed by atoms with Crippen molar-refractivity contribution in [1.82, 2.24) is 0 Å². The minimum atomic E-state index is -3.32. The number of allylic oxidation sites excluding steroid dienone is 1. The summed E-state index contributed by atoms with van der Waals surface area (Å²) in [5.41, 5.74) is 0.258. The number of hydrogen-bond acceptors (Lipinski definition) is 7. The van der Waals surface area contributed by atoms with Gasteiger partial charge in [-0.15, -0.1) is 0 Å². The fourth-order valence-corrected chi connectivity index (χ4v) is 4.60. The summed E-state index contributed by atoms with van der Waals surface area (Å²) in [6, 6.07) is 11.8. The summed E-state index contributed by atoms with van der Waals surface area (Å²) in [6.07, 6.45) is -0.114. The van der Waals surface area contributed by atoms with Crippen molar-refractivity contribution >= 4 is 44.7 Å². The number of nitro benzene ring substituents is 1. The Morgan fingerprint density at radius 1 is 1.23 bits per heavy atom. The number of amides is 1. The lowest BCUT2D eigenvalue weighted by Crippen LogP contribution is -2.27. The van der Waals surface area contributed by atoms with Gasteiger partial charge in [0.2, 0.25) is 6.10 Å². The molecular formula is C20H17ClN2O7S. The molecule has 2 atom stereocenters. The van der Waals surface area contributed by atoms with E-state index in [1.807, 2.05) is 0 Å². The highest BCUT2D eigenvalue weighted by Gasteiger charge is 2.29. The number of rotatable bonds is 7. The third-order valence-electron chi connectivity index (χ3n) is 4.44. The maximum Gasteiger partial charge on any atom is 0.307 e. The molecule has 0 aliphatic carbocycles. The molecule has 162 valence electrons. The van der Waals surface area contributed by atoms with Crippen LogP contribution in [0.25, 0.3) is 0 Å². The molecule has 3 rings (SSSR count). The van der Waals surface area contributed by atoms with Crippen LogP contribution >= 0.6 is 11.6 Å².